The van der Waals surface area contributed by atoms with Gasteiger partial charge in [-0.15, -0.1) is 11.8 Å². The van der Waals surface area contributed by atoms with E-state index in [2.05, 4.69) is 18.3 Å². The van der Waals surface area contributed by atoms with Gasteiger partial charge < -0.3 is 0 Å². The minimum Gasteiger partial charge on any atom is -0.288 e. The molecule has 0 fully saturated rings. The molecule has 1 aromatic rings. The lowest BCUT2D eigenvalue weighted by Gasteiger charge is -2.19. The first-order chi connectivity index (χ1) is 12.1. The fraction of sp³-hybridized carbons (Fsp3) is 0.222. The molecule has 26 heavy (non-hydrogen) atoms. The van der Waals surface area contributed by atoms with Gasteiger partial charge in [-0.3, -0.25) is 9.80 Å². The molecule has 1 aromatic carbocycles. The van der Waals surface area contributed by atoms with E-state index >= 15 is 0 Å². The first-order valence-corrected chi connectivity index (χ1v) is 8.34. The zero-order valence-corrected chi connectivity index (χ0v) is 15.1. The van der Waals surface area contributed by atoms with Crippen molar-refractivity contribution in [3.8, 4) is 0 Å². The molecule has 0 unspecified atom stereocenters. The third kappa shape index (κ3) is 6.51. The number of carbonyl (C=O) groups excluding carboxylic acids is 1. The molecule has 0 heterocycles. The number of halogens is 4. The van der Waals surface area contributed by atoms with Crippen molar-refractivity contribution in [1.29, 1.82) is 0 Å². The van der Waals surface area contributed by atoms with E-state index in [0.717, 1.165) is 18.8 Å². The molecule has 0 saturated carbocycles. The molecular formula is C18H18F4N2OS. The molecule has 1 rings (SSSR count). The van der Waals surface area contributed by atoms with E-state index < -0.39 is 17.7 Å². The monoisotopic (exact) mass is 386 g/mol. The van der Waals surface area contributed by atoms with Crippen molar-refractivity contribution in [2.75, 3.05) is 12.8 Å². The zero-order chi connectivity index (χ0) is 19.9. The van der Waals surface area contributed by atoms with E-state index in [-0.39, 0.29) is 11.5 Å². The molecule has 0 radical (unpaired) electrons. The van der Waals surface area contributed by atoms with Crippen LogP contribution in [-0.2, 0) is 0 Å². The van der Waals surface area contributed by atoms with Crippen LogP contribution in [0.25, 0.3) is 0 Å². The topological polar surface area (TPSA) is 32.7 Å². The Bertz CT molecular complexity index is 737. The van der Waals surface area contributed by atoms with Crippen molar-refractivity contribution in [1.82, 2.24) is 5.01 Å². The predicted molar refractivity (Wildman–Crippen MR) is 97.5 cm³/mol. The summed E-state index contributed by atoms with van der Waals surface area (Å²) in [6.45, 7) is 8.04. The van der Waals surface area contributed by atoms with Gasteiger partial charge in [-0.25, -0.2) is 4.39 Å². The summed E-state index contributed by atoms with van der Waals surface area (Å²) in [6.07, 6.45) is -1.66. The van der Waals surface area contributed by atoms with Crippen LogP contribution in [0.1, 0.15) is 17.3 Å². The Kier molecular flexibility index (Phi) is 7.82. The third-order valence-electron chi connectivity index (χ3n) is 3.07. The van der Waals surface area contributed by atoms with Crippen LogP contribution in [0.3, 0.4) is 0 Å². The number of rotatable bonds is 8. The maximum Gasteiger partial charge on any atom is 0.432 e. The molecule has 0 atom stereocenters. The first-order valence-electron chi connectivity index (χ1n) is 7.36. The Hall–Kier alpha value is -2.35. The Labute approximate surface area is 153 Å². The summed E-state index contributed by atoms with van der Waals surface area (Å²) in [4.78, 5) is 12.8. The molecule has 0 aliphatic rings. The molecule has 0 bridgehead atoms. The quantitative estimate of drug-likeness (QED) is 0.154. The van der Waals surface area contributed by atoms with Crippen molar-refractivity contribution in [3.63, 3.8) is 0 Å². The van der Waals surface area contributed by atoms with Gasteiger partial charge in [-0.05, 0) is 37.3 Å². The second kappa shape index (κ2) is 9.38. The molecule has 0 aliphatic heterocycles. The molecule has 3 nitrogen and oxygen atoms in total. The van der Waals surface area contributed by atoms with Gasteiger partial charge in [0.05, 0.1) is 4.91 Å². The summed E-state index contributed by atoms with van der Waals surface area (Å²) < 4.78 is 50.7. The van der Waals surface area contributed by atoms with Crippen molar-refractivity contribution in [3.05, 3.63) is 71.6 Å². The molecule has 0 saturated heterocycles. The van der Waals surface area contributed by atoms with Gasteiger partial charge in [-0.1, -0.05) is 19.2 Å². The number of allylic oxidation sites excluding steroid dienone is 4. The number of hydrogen-bond acceptors (Lipinski definition) is 4. The average molecular weight is 386 g/mol. The van der Waals surface area contributed by atoms with Crippen LogP contribution in [0.2, 0.25) is 0 Å². The Balaban J connectivity index is 2.83. The lowest BCUT2D eigenvalue weighted by molar-refractivity contribution is -0.108. The van der Waals surface area contributed by atoms with Crippen molar-refractivity contribution in [2.24, 2.45) is 5.10 Å². The molecule has 0 aromatic heterocycles. The molecular weight excluding hydrogens is 368 g/mol. The molecule has 8 heteroatoms. The normalized spacial score (nSPS) is 12.7. The third-order valence-corrected chi connectivity index (χ3v) is 4.27. The first kappa shape index (κ1) is 21.7. The number of Topliss-reactive ketones (excluding diaryl/α,β-unsaturated/α-hetero) is 1. The summed E-state index contributed by atoms with van der Waals surface area (Å²) in [7, 11) is 1.15. The maximum atomic E-state index is 13.0. The minimum absolute atomic E-state index is 0.183. The Morgan fingerprint density at radius 1 is 1.31 bits per heavy atom. The lowest BCUT2D eigenvalue weighted by Crippen LogP contribution is -2.25. The standard InChI is InChI=1S/C18H18F4N2OS/c1-5-6-16(17(25)14-7-9-15(19)10-8-14)26-11-12(2)23-24(4)13(3)18(20,21)22/h5-10H,1,3,11H2,2,4H3/b16-6-,23-12+. The highest BCUT2D eigenvalue weighted by Gasteiger charge is 2.34. The van der Waals surface area contributed by atoms with Crippen LogP contribution in [-0.4, -0.2) is 35.5 Å². The highest BCUT2D eigenvalue weighted by Crippen LogP contribution is 2.27. The number of hydrazone groups is 1. The second-order valence-electron chi connectivity index (χ2n) is 5.19. The van der Waals surface area contributed by atoms with E-state index in [4.69, 9.17) is 0 Å². The fourth-order valence-corrected chi connectivity index (χ4v) is 2.61. The van der Waals surface area contributed by atoms with Gasteiger partial charge in [0.15, 0.2) is 5.78 Å². The summed E-state index contributed by atoms with van der Waals surface area (Å²) >= 11 is 1.10. The maximum absolute atomic E-state index is 13.0. The minimum atomic E-state index is -4.57. The largest absolute Gasteiger partial charge is 0.432 e. The van der Waals surface area contributed by atoms with Gasteiger partial charge in [0.25, 0.3) is 0 Å². The summed E-state index contributed by atoms with van der Waals surface area (Å²) in [5, 5.41) is 4.46. The van der Waals surface area contributed by atoms with E-state index in [1.54, 1.807) is 6.92 Å². The van der Waals surface area contributed by atoms with Gasteiger partial charge >= 0.3 is 6.18 Å². The van der Waals surface area contributed by atoms with E-state index in [0.29, 0.717) is 21.2 Å². The van der Waals surface area contributed by atoms with Gasteiger partial charge in [0.2, 0.25) is 0 Å². The number of alkyl halides is 3. The molecule has 0 amide bonds. The van der Waals surface area contributed by atoms with Crippen molar-refractivity contribution >= 4 is 23.3 Å². The number of benzene rings is 1. The van der Waals surface area contributed by atoms with Gasteiger partial charge in [0, 0.05) is 24.1 Å². The number of carbonyl (C=O) groups is 1. The highest BCUT2D eigenvalue weighted by atomic mass is 32.2. The molecule has 0 spiro atoms. The Morgan fingerprint density at radius 2 is 1.88 bits per heavy atom. The van der Waals surface area contributed by atoms with E-state index in [1.165, 1.54) is 36.4 Å². The number of nitrogens with zero attached hydrogens (tertiary/aromatic N) is 2. The van der Waals surface area contributed by atoms with Crippen LogP contribution in [0.5, 0.6) is 0 Å². The van der Waals surface area contributed by atoms with Gasteiger partial charge in [0.1, 0.15) is 11.5 Å². The Morgan fingerprint density at radius 3 is 2.38 bits per heavy atom. The van der Waals surface area contributed by atoms with E-state index in [1.807, 2.05) is 0 Å². The zero-order valence-electron chi connectivity index (χ0n) is 14.3. The smallest absolute Gasteiger partial charge is 0.288 e. The lowest BCUT2D eigenvalue weighted by atomic mass is 10.1. The van der Waals surface area contributed by atoms with Crippen LogP contribution < -0.4 is 0 Å². The van der Waals surface area contributed by atoms with E-state index in [9.17, 15) is 22.4 Å². The summed E-state index contributed by atoms with van der Waals surface area (Å²) in [5.41, 5.74) is -0.431. The highest BCUT2D eigenvalue weighted by molar-refractivity contribution is 8.04. The van der Waals surface area contributed by atoms with Crippen molar-refractivity contribution < 1.29 is 22.4 Å². The van der Waals surface area contributed by atoms with Crippen LogP contribution >= 0.6 is 11.8 Å². The van der Waals surface area contributed by atoms with Crippen LogP contribution in [0.15, 0.2) is 65.3 Å². The fourth-order valence-electron chi connectivity index (χ4n) is 1.75. The number of hydrogen-bond donors (Lipinski definition) is 0. The summed E-state index contributed by atoms with van der Waals surface area (Å²) in [5.74, 6) is -0.614. The second-order valence-corrected chi connectivity index (χ2v) is 6.21. The van der Waals surface area contributed by atoms with Gasteiger partial charge in [-0.2, -0.15) is 18.3 Å². The summed E-state index contributed by atoms with van der Waals surface area (Å²) in [6, 6.07) is 5.07. The SMILES string of the molecule is C=C/C=C(\SC/C(C)=N/N(C)C(=C)C(F)(F)F)C(=O)c1ccc(F)cc1. The number of ketones is 1. The van der Waals surface area contributed by atoms with Crippen LogP contribution in [0.4, 0.5) is 17.6 Å². The number of thioether (sulfide) groups is 1. The average Bonchev–Trinajstić information content (AvgIpc) is 2.57. The van der Waals surface area contributed by atoms with Crippen molar-refractivity contribution in [2.45, 2.75) is 13.1 Å². The predicted octanol–water partition coefficient (Wildman–Crippen LogP) is 5.20. The molecule has 0 aliphatic carbocycles. The molecule has 140 valence electrons. The van der Waals surface area contributed by atoms with Crippen LogP contribution in [0, 0.1) is 5.82 Å². The molecule has 0 N–H and O–H groups in total.